The van der Waals surface area contributed by atoms with Crippen molar-refractivity contribution >= 4 is 0 Å². The van der Waals surface area contributed by atoms with Crippen LogP contribution in [0.2, 0.25) is 0 Å². The summed E-state index contributed by atoms with van der Waals surface area (Å²) in [5, 5.41) is 19.3. The number of aromatic nitrogens is 1. The first-order chi connectivity index (χ1) is 15.2. The number of fused-ring (bicyclic) bond motifs is 2. The number of hydrogen-bond donors (Lipinski definition) is 1. The van der Waals surface area contributed by atoms with E-state index in [1.165, 1.54) is 0 Å². The van der Waals surface area contributed by atoms with Gasteiger partial charge in [-0.05, 0) is 30.3 Å². The van der Waals surface area contributed by atoms with Crippen LogP contribution in [0.3, 0.4) is 0 Å². The molecule has 0 radical (unpaired) electrons. The second kappa shape index (κ2) is 13.0. The Morgan fingerprint density at radius 1 is 0.871 bits per heavy atom. The quantitative estimate of drug-likeness (QED) is 0.779. The SMILES string of the molecule is N#Cc1ccc(O)c(CN2CCOCCOCc3cccc(n3)COCCOCC2)c1. The van der Waals surface area contributed by atoms with Crippen LogP contribution in [-0.2, 0) is 38.7 Å². The molecule has 1 aliphatic rings. The fourth-order valence-corrected chi connectivity index (χ4v) is 3.16. The minimum absolute atomic E-state index is 0.180. The van der Waals surface area contributed by atoms with Crippen molar-refractivity contribution in [2.45, 2.75) is 19.8 Å². The normalized spacial score (nSPS) is 17.9. The molecule has 0 spiro atoms. The maximum atomic E-state index is 10.2. The van der Waals surface area contributed by atoms with Crippen molar-refractivity contribution in [1.29, 1.82) is 5.26 Å². The summed E-state index contributed by atoms with van der Waals surface area (Å²) in [5.41, 5.74) is 2.96. The molecule has 0 fully saturated rings. The number of phenols is 1. The predicted molar refractivity (Wildman–Crippen MR) is 113 cm³/mol. The van der Waals surface area contributed by atoms with E-state index < -0.39 is 0 Å². The van der Waals surface area contributed by atoms with Gasteiger partial charge in [-0.1, -0.05) is 6.07 Å². The molecule has 2 heterocycles. The molecule has 2 bridgehead atoms. The molecule has 31 heavy (non-hydrogen) atoms. The van der Waals surface area contributed by atoms with Gasteiger partial charge in [-0.2, -0.15) is 5.26 Å². The molecule has 0 amide bonds. The lowest BCUT2D eigenvalue weighted by Crippen LogP contribution is -2.31. The number of phenolic OH excluding ortho intramolecular Hbond substituents is 1. The standard InChI is InChI=1S/C23H29N3O5/c24-15-19-4-5-23(27)20(14-19)16-26-6-8-28-10-12-30-17-21-2-1-3-22(25-21)18-31-13-11-29-9-7-26/h1-5,14,27H,6-13,16-18H2. The Morgan fingerprint density at radius 2 is 1.48 bits per heavy atom. The van der Waals surface area contributed by atoms with Gasteiger partial charge in [0.15, 0.2) is 0 Å². The van der Waals surface area contributed by atoms with E-state index in [1.54, 1.807) is 18.2 Å². The Morgan fingerprint density at radius 3 is 2.10 bits per heavy atom. The number of aromatic hydroxyl groups is 1. The highest BCUT2D eigenvalue weighted by molar-refractivity contribution is 5.41. The van der Waals surface area contributed by atoms with Crippen LogP contribution in [0.5, 0.6) is 5.75 Å². The number of pyridine rings is 1. The summed E-state index contributed by atoms with van der Waals surface area (Å²) in [6.07, 6.45) is 0. The van der Waals surface area contributed by atoms with Gasteiger partial charge in [0, 0.05) is 25.2 Å². The van der Waals surface area contributed by atoms with Crippen molar-refractivity contribution in [1.82, 2.24) is 9.88 Å². The number of ether oxygens (including phenoxy) is 4. The van der Waals surface area contributed by atoms with Gasteiger partial charge in [0.1, 0.15) is 5.75 Å². The first kappa shape index (κ1) is 23.1. The van der Waals surface area contributed by atoms with Crippen molar-refractivity contribution in [3.63, 3.8) is 0 Å². The van der Waals surface area contributed by atoms with E-state index in [4.69, 9.17) is 24.2 Å². The highest BCUT2D eigenvalue weighted by Gasteiger charge is 2.11. The van der Waals surface area contributed by atoms with E-state index in [0.717, 1.165) is 11.4 Å². The van der Waals surface area contributed by atoms with E-state index >= 15 is 0 Å². The number of rotatable bonds is 2. The average molecular weight is 428 g/mol. The van der Waals surface area contributed by atoms with Gasteiger partial charge in [0.05, 0.1) is 75.9 Å². The minimum atomic E-state index is 0.180. The van der Waals surface area contributed by atoms with Crippen LogP contribution in [0, 0.1) is 11.3 Å². The Bertz CT molecular complexity index is 822. The van der Waals surface area contributed by atoms with E-state index in [1.807, 2.05) is 18.2 Å². The van der Waals surface area contributed by atoms with Crippen LogP contribution in [0.15, 0.2) is 36.4 Å². The lowest BCUT2D eigenvalue weighted by molar-refractivity contribution is 0.0148. The summed E-state index contributed by atoms with van der Waals surface area (Å²) < 4.78 is 22.7. The first-order valence-corrected chi connectivity index (χ1v) is 10.4. The zero-order chi connectivity index (χ0) is 21.7. The molecule has 1 aliphatic heterocycles. The van der Waals surface area contributed by atoms with Crippen LogP contribution < -0.4 is 0 Å². The Hall–Kier alpha value is -2.54. The van der Waals surface area contributed by atoms with E-state index in [2.05, 4.69) is 16.0 Å². The molecule has 0 atom stereocenters. The number of hydrogen-bond acceptors (Lipinski definition) is 8. The summed E-state index contributed by atoms with van der Waals surface area (Å²) in [7, 11) is 0. The van der Waals surface area contributed by atoms with Crippen molar-refractivity contribution in [3.8, 4) is 11.8 Å². The Labute approximate surface area is 182 Å². The van der Waals surface area contributed by atoms with Crippen LogP contribution >= 0.6 is 0 Å². The summed E-state index contributed by atoms with van der Waals surface area (Å²) in [5.74, 6) is 0.180. The molecular weight excluding hydrogens is 398 g/mol. The fourth-order valence-electron chi connectivity index (χ4n) is 3.16. The molecule has 1 N–H and O–H groups in total. The zero-order valence-electron chi connectivity index (χ0n) is 17.7. The second-order valence-electron chi connectivity index (χ2n) is 7.18. The van der Waals surface area contributed by atoms with Gasteiger partial charge in [0.2, 0.25) is 0 Å². The molecule has 166 valence electrons. The van der Waals surface area contributed by atoms with Gasteiger partial charge in [-0.3, -0.25) is 9.88 Å². The maximum Gasteiger partial charge on any atom is 0.120 e. The molecule has 0 unspecified atom stereocenters. The van der Waals surface area contributed by atoms with Gasteiger partial charge >= 0.3 is 0 Å². The summed E-state index contributed by atoms with van der Waals surface area (Å²) in [6, 6.07) is 12.8. The largest absolute Gasteiger partial charge is 0.508 e. The smallest absolute Gasteiger partial charge is 0.120 e. The zero-order valence-corrected chi connectivity index (χ0v) is 17.7. The van der Waals surface area contributed by atoms with Crippen LogP contribution in [0.1, 0.15) is 22.5 Å². The summed E-state index contributed by atoms with van der Waals surface area (Å²) >= 11 is 0. The van der Waals surface area contributed by atoms with Gasteiger partial charge in [-0.15, -0.1) is 0 Å². The molecule has 0 saturated heterocycles. The van der Waals surface area contributed by atoms with E-state index in [-0.39, 0.29) is 5.75 Å². The summed E-state index contributed by atoms with van der Waals surface area (Å²) in [4.78, 5) is 6.66. The predicted octanol–water partition coefficient (Wildman–Crippen LogP) is 2.24. The van der Waals surface area contributed by atoms with Crippen LogP contribution in [0.25, 0.3) is 0 Å². The number of benzene rings is 1. The van der Waals surface area contributed by atoms with Crippen molar-refractivity contribution in [2.75, 3.05) is 52.7 Å². The molecule has 3 rings (SSSR count). The molecule has 8 nitrogen and oxygen atoms in total. The van der Waals surface area contributed by atoms with Gasteiger partial charge in [0.25, 0.3) is 0 Å². The van der Waals surface area contributed by atoms with E-state index in [9.17, 15) is 5.11 Å². The molecule has 0 saturated carbocycles. The van der Waals surface area contributed by atoms with Gasteiger partial charge in [-0.25, -0.2) is 0 Å². The van der Waals surface area contributed by atoms with Crippen LogP contribution in [0.4, 0.5) is 0 Å². The molecule has 8 heteroatoms. The van der Waals surface area contributed by atoms with Crippen LogP contribution in [-0.4, -0.2) is 67.7 Å². The fraction of sp³-hybridized carbons (Fsp3) is 0.478. The minimum Gasteiger partial charge on any atom is -0.508 e. The molecule has 1 aromatic heterocycles. The molecule has 0 aliphatic carbocycles. The Balaban J connectivity index is 1.55. The second-order valence-corrected chi connectivity index (χ2v) is 7.18. The average Bonchev–Trinajstić information content (AvgIpc) is 2.78. The molecule has 2 aromatic rings. The maximum absolute atomic E-state index is 10.2. The third-order valence-corrected chi connectivity index (χ3v) is 4.81. The van der Waals surface area contributed by atoms with Crippen molar-refractivity contribution in [3.05, 3.63) is 58.9 Å². The van der Waals surface area contributed by atoms with E-state index in [0.29, 0.717) is 83.6 Å². The lowest BCUT2D eigenvalue weighted by Gasteiger charge is -2.23. The summed E-state index contributed by atoms with van der Waals surface area (Å²) in [6.45, 7) is 5.69. The van der Waals surface area contributed by atoms with Crippen molar-refractivity contribution < 1.29 is 24.1 Å². The first-order valence-electron chi connectivity index (χ1n) is 10.4. The topological polar surface area (TPSA) is 97.1 Å². The lowest BCUT2D eigenvalue weighted by atomic mass is 10.1. The Kier molecular flexibility index (Phi) is 9.70. The number of nitriles is 1. The third kappa shape index (κ3) is 8.25. The van der Waals surface area contributed by atoms with Crippen molar-refractivity contribution in [2.24, 2.45) is 0 Å². The molecular formula is C23H29N3O5. The third-order valence-electron chi connectivity index (χ3n) is 4.81. The highest BCUT2D eigenvalue weighted by atomic mass is 16.5. The van der Waals surface area contributed by atoms with Gasteiger partial charge < -0.3 is 24.1 Å². The number of nitrogens with zero attached hydrogens (tertiary/aromatic N) is 3. The molecule has 1 aromatic carbocycles. The monoisotopic (exact) mass is 427 g/mol. The highest BCUT2D eigenvalue weighted by Crippen LogP contribution is 2.20.